The summed E-state index contributed by atoms with van der Waals surface area (Å²) in [6.07, 6.45) is 1.85. The molecular weight excluding hydrogens is 486 g/mol. The van der Waals surface area contributed by atoms with Crippen LogP contribution in [0.25, 0.3) is 55.4 Å². The van der Waals surface area contributed by atoms with Gasteiger partial charge in [-0.15, -0.1) is 0 Å². The molecule has 5 aromatic carbocycles. The Bertz CT molecular complexity index is 2070. The van der Waals surface area contributed by atoms with Crippen LogP contribution in [0.1, 0.15) is 29.2 Å². The lowest BCUT2D eigenvalue weighted by Gasteiger charge is -2.28. The Labute approximate surface area is 233 Å². The fourth-order valence-corrected chi connectivity index (χ4v) is 6.63. The lowest BCUT2D eigenvalue weighted by molar-refractivity contribution is 0.668. The van der Waals surface area contributed by atoms with Crippen molar-refractivity contribution in [2.24, 2.45) is 0 Å². The number of hydrogen-bond donors (Lipinski definition) is 0. The summed E-state index contributed by atoms with van der Waals surface area (Å²) in [5.41, 5.74) is 13.8. The fourth-order valence-electron chi connectivity index (χ4n) is 6.63. The van der Waals surface area contributed by atoms with Gasteiger partial charge in [0.1, 0.15) is 11.2 Å². The number of hydrogen-bond acceptors (Lipinski definition) is 2. The predicted octanol–water partition coefficient (Wildman–Crippen LogP) is 9.96. The smallest absolute Gasteiger partial charge is 0.136 e. The second-order valence-corrected chi connectivity index (χ2v) is 11.0. The van der Waals surface area contributed by atoms with Crippen molar-refractivity contribution in [2.45, 2.75) is 19.3 Å². The molecular formula is C38H27NO. The molecule has 1 unspecified atom stereocenters. The van der Waals surface area contributed by atoms with Gasteiger partial charge in [-0.25, -0.2) is 0 Å². The minimum Gasteiger partial charge on any atom is -0.456 e. The number of pyridine rings is 1. The molecule has 0 spiro atoms. The molecule has 0 fully saturated rings. The van der Waals surface area contributed by atoms with Gasteiger partial charge in [0, 0.05) is 27.9 Å². The summed E-state index contributed by atoms with van der Waals surface area (Å²) in [7, 11) is 0. The molecule has 40 heavy (non-hydrogen) atoms. The largest absolute Gasteiger partial charge is 0.456 e. The van der Waals surface area contributed by atoms with Crippen LogP contribution in [-0.2, 0) is 5.41 Å². The summed E-state index contributed by atoms with van der Waals surface area (Å²) in [6, 6.07) is 43.6. The summed E-state index contributed by atoms with van der Waals surface area (Å²) in [4.78, 5) is 4.57. The van der Waals surface area contributed by atoms with Crippen molar-refractivity contribution in [3.8, 4) is 33.5 Å². The van der Waals surface area contributed by atoms with E-state index in [2.05, 4.69) is 134 Å². The average Bonchev–Trinajstić information content (AvgIpc) is 3.49. The molecule has 0 saturated heterocycles. The van der Waals surface area contributed by atoms with E-state index in [0.717, 1.165) is 44.3 Å². The van der Waals surface area contributed by atoms with Crippen molar-refractivity contribution in [3.05, 3.63) is 150 Å². The number of aryl methyl sites for hydroxylation is 1. The van der Waals surface area contributed by atoms with E-state index in [9.17, 15) is 0 Å². The molecule has 8 rings (SSSR count). The Morgan fingerprint density at radius 1 is 0.575 bits per heavy atom. The molecule has 0 bridgehead atoms. The first kappa shape index (κ1) is 23.0. The summed E-state index contributed by atoms with van der Waals surface area (Å²) in [5, 5.41) is 2.31. The summed E-state index contributed by atoms with van der Waals surface area (Å²) in [5.74, 6) is 0. The topological polar surface area (TPSA) is 26.0 Å². The molecule has 0 N–H and O–H groups in total. The Balaban J connectivity index is 1.26. The second-order valence-electron chi connectivity index (χ2n) is 11.0. The van der Waals surface area contributed by atoms with Gasteiger partial charge in [-0.2, -0.15) is 0 Å². The van der Waals surface area contributed by atoms with E-state index < -0.39 is 0 Å². The predicted molar refractivity (Wildman–Crippen MR) is 165 cm³/mol. The molecule has 0 amide bonds. The zero-order valence-electron chi connectivity index (χ0n) is 22.5. The third-order valence-electron chi connectivity index (χ3n) is 8.76. The summed E-state index contributed by atoms with van der Waals surface area (Å²) in [6.45, 7) is 4.46. The van der Waals surface area contributed by atoms with Gasteiger partial charge >= 0.3 is 0 Å². The molecule has 2 aromatic heterocycles. The molecule has 1 aliphatic rings. The van der Waals surface area contributed by atoms with E-state index in [-0.39, 0.29) is 5.41 Å². The SMILES string of the molecule is Cc1cccnc1-c1ccc(-c2ccc3c(c2)oc2cc4c(cc23)C(C)(c2ccccc2)c2ccccc2-4)cc1. The summed E-state index contributed by atoms with van der Waals surface area (Å²) >= 11 is 0. The number of rotatable bonds is 3. The molecule has 2 heterocycles. The minimum atomic E-state index is -0.224. The number of aromatic nitrogens is 1. The first-order valence-electron chi connectivity index (χ1n) is 13.8. The highest BCUT2D eigenvalue weighted by Crippen LogP contribution is 2.53. The van der Waals surface area contributed by atoms with Gasteiger partial charge in [0.25, 0.3) is 0 Å². The van der Waals surface area contributed by atoms with Crippen LogP contribution >= 0.6 is 0 Å². The quantitative estimate of drug-likeness (QED) is 0.235. The van der Waals surface area contributed by atoms with Crippen molar-refractivity contribution in [2.75, 3.05) is 0 Å². The lowest BCUT2D eigenvalue weighted by atomic mass is 9.74. The minimum absolute atomic E-state index is 0.224. The zero-order chi connectivity index (χ0) is 26.8. The van der Waals surface area contributed by atoms with Gasteiger partial charge in [0.2, 0.25) is 0 Å². The molecule has 7 aromatic rings. The van der Waals surface area contributed by atoms with Crippen molar-refractivity contribution in [1.82, 2.24) is 4.98 Å². The maximum absolute atomic E-state index is 6.53. The van der Waals surface area contributed by atoms with Crippen LogP contribution in [0.15, 0.2) is 132 Å². The molecule has 190 valence electrons. The van der Waals surface area contributed by atoms with Crippen LogP contribution in [0.3, 0.4) is 0 Å². The third-order valence-corrected chi connectivity index (χ3v) is 8.76. The Morgan fingerprint density at radius 3 is 2.12 bits per heavy atom. The molecule has 1 atom stereocenters. The van der Waals surface area contributed by atoms with Crippen LogP contribution in [-0.4, -0.2) is 4.98 Å². The average molecular weight is 514 g/mol. The number of nitrogens with zero attached hydrogens (tertiary/aromatic N) is 1. The van der Waals surface area contributed by atoms with Crippen molar-refractivity contribution in [1.29, 1.82) is 0 Å². The third kappa shape index (κ3) is 3.26. The normalized spacial score (nSPS) is 15.8. The molecule has 0 aliphatic heterocycles. The van der Waals surface area contributed by atoms with Crippen LogP contribution in [0.2, 0.25) is 0 Å². The van der Waals surface area contributed by atoms with E-state index in [0.29, 0.717) is 0 Å². The van der Waals surface area contributed by atoms with Gasteiger partial charge in [0.15, 0.2) is 0 Å². The van der Waals surface area contributed by atoms with Gasteiger partial charge in [-0.1, -0.05) is 91.0 Å². The van der Waals surface area contributed by atoms with Crippen LogP contribution in [0, 0.1) is 6.92 Å². The number of fused-ring (bicyclic) bond motifs is 6. The monoisotopic (exact) mass is 513 g/mol. The van der Waals surface area contributed by atoms with Gasteiger partial charge in [-0.05, 0) is 88.7 Å². The fraction of sp³-hybridized carbons (Fsp3) is 0.0789. The van der Waals surface area contributed by atoms with E-state index in [1.807, 2.05) is 12.3 Å². The van der Waals surface area contributed by atoms with Crippen molar-refractivity contribution < 1.29 is 4.42 Å². The Hall–Kier alpha value is -4.95. The van der Waals surface area contributed by atoms with E-state index in [1.165, 1.54) is 33.4 Å². The van der Waals surface area contributed by atoms with Crippen molar-refractivity contribution >= 4 is 21.9 Å². The van der Waals surface area contributed by atoms with Crippen LogP contribution in [0.5, 0.6) is 0 Å². The lowest BCUT2D eigenvalue weighted by Crippen LogP contribution is -2.22. The Kier molecular flexibility index (Phi) is 4.90. The molecule has 2 nitrogen and oxygen atoms in total. The van der Waals surface area contributed by atoms with Gasteiger partial charge < -0.3 is 4.42 Å². The maximum Gasteiger partial charge on any atom is 0.136 e. The van der Waals surface area contributed by atoms with Crippen LogP contribution < -0.4 is 0 Å². The van der Waals surface area contributed by atoms with Gasteiger partial charge in [-0.3, -0.25) is 4.98 Å². The highest BCUT2D eigenvalue weighted by atomic mass is 16.3. The number of benzene rings is 5. The maximum atomic E-state index is 6.53. The van der Waals surface area contributed by atoms with Gasteiger partial charge in [0.05, 0.1) is 5.69 Å². The Morgan fingerprint density at radius 2 is 1.30 bits per heavy atom. The van der Waals surface area contributed by atoms with E-state index >= 15 is 0 Å². The van der Waals surface area contributed by atoms with Crippen LogP contribution in [0.4, 0.5) is 0 Å². The standard InChI is InChI=1S/C38H27NO/c1-24-9-8-20-39-37(24)26-16-14-25(15-17-26)27-18-19-30-32-22-34-31(23-36(32)40-35(30)21-27)29-12-6-7-13-33(29)38(34,2)28-10-4-3-5-11-28/h3-23H,1-2H3. The van der Waals surface area contributed by atoms with Crippen molar-refractivity contribution in [3.63, 3.8) is 0 Å². The zero-order valence-corrected chi connectivity index (χ0v) is 22.5. The molecule has 2 heteroatoms. The van der Waals surface area contributed by atoms with E-state index in [1.54, 1.807) is 0 Å². The second kappa shape index (κ2) is 8.53. The first-order valence-corrected chi connectivity index (χ1v) is 13.8. The number of furan rings is 1. The summed E-state index contributed by atoms with van der Waals surface area (Å²) < 4.78 is 6.53. The first-order chi connectivity index (χ1) is 19.6. The highest BCUT2D eigenvalue weighted by molar-refractivity contribution is 6.08. The molecule has 0 saturated carbocycles. The highest BCUT2D eigenvalue weighted by Gasteiger charge is 2.41. The molecule has 0 radical (unpaired) electrons. The molecule has 1 aliphatic carbocycles. The van der Waals surface area contributed by atoms with E-state index in [4.69, 9.17) is 4.42 Å².